The van der Waals surface area contributed by atoms with Crippen LogP contribution < -0.4 is 15.0 Å². The molecule has 122 valence electrons. The Labute approximate surface area is 141 Å². The van der Waals surface area contributed by atoms with E-state index in [2.05, 4.69) is 20.2 Å². The number of nitrogens with zero attached hydrogens (tertiary/aromatic N) is 3. The zero-order chi connectivity index (χ0) is 16.1. The van der Waals surface area contributed by atoms with E-state index >= 15 is 0 Å². The highest BCUT2D eigenvalue weighted by Crippen LogP contribution is 2.24. The zero-order valence-electron chi connectivity index (χ0n) is 13.3. The highest BCUT2D eigenvalue weighted by molar-refractivity contribution is 6.29. The molecule has 1 aliphatic rings. The van der Waals surface area contributed by atoms with Crippen LogP contribution in [0.4, 0.5) is 17.5 Å². The minimum atomic E-state index is 0.454. The molecule has 6 heteroatoms. The summed E-state index contributed by atoms with van der Waals surface area (Å²) in [7, 11) is 1.65. The second-order valence-electron chi connectivity index (χ2n) is 5.63. The van der Waals surface area contributed by atoms with Gasteiger partial charge in [-0.2, -0.15) is 4.98 Å². The third-order valence-corrected chi connectivity index (χ3v) is 4.15. The van der Waals surface area contributed by atoms with Gasteiger partial charge in [-0.25, -0.2) is 4.98 Å². The molecule has 1 aromatic carbocycles. The van der Waals surface area contributed by atoms with E-state index in [1.807, 2.05) is 30.3 Å². The van der Waals surface area contributed by atoms with Crippen molar-refractivity contribution < 1.29 is 4.74 Å². The number of nitrogens with one attached hydrogen (secondary N) is 1. The number of aromatic nitrogens is 2. The Morgan fingerprint density at radius 2 is 1.74 bits per heavy atom. The third-order valence-electron chi connectivity index (χ3n) is 3.96. The second-order valence-corrected chi connectivity index (χ2v) is 6.01. The maximum Gasteiger partial charge on any atom is 0.230 e. The van der Waals surface area contributed by atoms with Crippen LogP contribution in [0.3, 0.4) is 0 Å². The van der Waals surface area contributed by atoms with Crippen molar-refractivity contribution in [1.29, 1.82) is 0 Å². The first-order valence-corrected chi connectivity index (χ1v) is 8.33. The number of halogens is 1. The average Bonchev–Trinajstić information content (AvgIpc) is 2.84. The van der Waals surface area contributed by atoms with Crippen LogP contribution in [0.25, 0.3) is 0 Å². The van der Waals surface area contributed by atoms with E-state index in [-0.39, 0.29) is 0 Å². The van der Waals surface area contributed by atoms with Gasteiger partial charge in [-0.1, -0.05) is 24.4 Å². The normalized spacial score (nSPS) is 15.1. The summed E-state index contributed by atoms with van der Waals surface area (Å²) in [5, 5.41) is 3.66. The molecule has 1 N–H and O–H groups in total. The summed E-state index contributed by atoms with van der Waals surface area (Å²) in [5.74, 6) is 2.22. The lowest BCUT2D eigenvalue weighted by Gasteiger charge is -2.22. The van der Waals surface area contributed by atoms with Crippen molar-refractivity contribution in [3.8, 4) is 5.75 Å². The number of hydrogen-bond donors (Lipinski definition) is 1. The van der Waals surface area contributed by atoms with Gasteiger partial charge in [0.1, 0.15) is 16.7 Å². The standard InChI is InChI=1S/C17H21ClN4O/c1-23-14-8-6-13(7-9-14)19-17-20-15(18)12-16(21-17)22-10-4-2-3-5-11-22/h6-9,12H,2-5,10-11H2,1H3,(H,19,20,21). The Balaban J connectivity index is 1.78. The average molecular weight is 333 g/mol. The van der Waals surface area contributed by atoms with E-state index < -0.39 is 0 Å². The molecule has 23 heavy (non-hydrogen) atoms. The van der Waals surface area contributed by atoms with Crippen LogP contribution in [-0.4, -0.2) is 30.2 Å². The number of hydrogen-bond acceptors (Lipinski definition) is 5. The van der Waals surface area contributed by atoms with Gasteiger partial charge >= 0.3 is 0 Å². The quantitative estimate of drug-likeness (QED) is 0.848. The molecule has 0 spiro atoms. The van der Waals surface area contributed by atoms with Crippen molar-refractivity contribution in [2.24, 2.45) is 0 Å². The summed E-state index contributed by atoms with van der Waals surface area (Å²) in [6.07, 6.45) is 4.96. The zero-order valence-corrected chi connectivity index (χ0v) is 14.0. The maximum absolute atomic E-state index is 6.19. The largest absolute Gasteiger partial charge is 0.497 e. The first-order valence-electron chi connectivity index (χ1n) is 7.95. The molecule has 0 bridgehead atoms. The third kappa shape index (κ3) is 4.26. The van der Waals surface area contributed by atoms with E-state index in [1.54, 1.807) is 7.11 Å². The van der Waals surface area contributed by atoms with E-state index in [4.69, 9.17) is 16.3 Å². The number of rotatable bonds is 4. The molecular weight excluding hydrogens is 312 g/mol. The van der Waals surface area contributed by atoms with Crippen molar-refractivity contribution in [1.82, 2.24) is 9.97 Å². The summed E-state index contributed by atoms with van der Waals surface area (Å²) in [6.45, 7) is 2.05. The van der Waals surface area contributed by atoms with Gasteiger partial charge in [-0.3, -0.25) is 0 Å². The first kappa shape index (κ1) is 15.9. The first-order chi connectivity index (χ1) is 11.2. The fourth-order valence-corrected chi connectivity index (χ4v) is 2.90. The molecule has 1 aliphatic heterocycles. The predicted octanol–water partition coefficient (Wildman–Crippen LogP) is 4.26. The molecule has 3 rings (SSSR count). The van der Waals surface area contributed by atoms with Crippen molar-refractivity contribution >= 4 is 29.1 Å². The summed E-state index contributed by atoms with van der Waals surface area (Å²) in [4.78, 5) is 11.2. The summed E-state index contributed by atoms with van der Waals surface area (Å²) in [5.41, 5.74) is 0.898. The molecule has 1 fully saturated rings. The molecule has 2 aromatic rings. The minimum Gasteiger partial charge on any atom is -0.497 e. The summed E-state index contributed by atoms with van der Waals surface area (Å²) >= 11 is 6.19. The van der Waals surface area contributed by atoms with Crippen molar-refractivity contribution in [2.45, 2.75) is 25.7 Å². The van der Waals surface area contributed by atoms with Gasteiger partial charge < -0.3 is 15.0 Å². The fourth-order valence-electron chi connectivity index (χ4n) is 2.73. The van der Waals surface area contributed by atoms with Crippen LogP contribution in [0, 0.1) is 0 Å². The van der Waals surface area contributed by atoms with Crippen molar-refractivity contribution in [2.75, 3.05) is 30.4 Å². The second kappa shape index (κ2) is 7.51. The smallest absolute Gasteiger partial charge is 0.230 e. The van der Waals surface area contributed by atoms with Gasteiger partial charge in [0.05, 0.1) is 7.11 Å². The van der Waals surface area contributed by atoms with Gasteiger partial charge in [0.15, 0.2) is 0 Å². The monoisotopic (exact) mass is 332 g/mol. The van der Waals surface area contributed by atoms with Crippen LogP contribution in [0.2, 0.25) is 5.15 Å². The Morgan fingerprint density at radius 1 is 1.04 bits per heavy atom. The summed E-state index contributed by atoms with van der Waals surface area (Å²) in [6, 6.07) is 9.47. The van der Waals surface area contributed by atoms with E-state index in [1.165, 1.54) is 25.7 Å². The summed E-state index contributed by atoms with van der Waals surface area (Å²) < 4.78 is 5.16. The molecular formula is C17H21ClN4O. The molecule has 0 amide bonds. The molecule has 2 heterocycles. The van der Waals surface area contributed by atoms with Gasteiger partial charge in [0.2, 0.25) is 5.95 Å². The molecule has 0 saturated carbocycles. The highest BCUT2D eigenvalue weighted by atomic mass is 35.5. The van der Waals surface area contributed by atoms with Crippen LogP contribution in [0.15, 0.2) is 30.3 Å². The van der Waals surface area contributed by atoms with E-state index in [0.29, 0.717) is 11.1 Å². The Morgan fingerprint density at radius 3 is 2.39 bits per heavy atom. The van der Waals surface area contributed by atoms with Crippen LogP contribution in [-0.2, 0) is 0 Å². The van der Waals surface area contributed by atoms with Gasteiger partial charge in [0, 0.05) is 24.8 Å². The molecule has 0 aliphatic carbocycles. The molecule has 0 unspecified atom stereocenters. The lowest BCUT2D eigenvalue weighted by atomic mass is 10.2. The predicted molar refractivity (Wildman–Crippen MR) is 94.0 cm³/mol. The number of ether oxygens (including phenoxy) is 1. The molecule has 1 saturated heterocycles. The Bertz CT molecular complexity index is 640. The Hall–Kier alpha value is -2.01. The highest BCUT2D eigenvalue weighted by Gasteiger charge is 2.13. The molecule has 0 radical (unpaired) electrons. The fraction of sp³-hybridized carbons (Fsp3) is 0.412. The molecule has 0 atom stereocenters. The van der Waals surface area contributed by atoms with Crippen LogP contribution >= 0.6 is 11.6 Å². The maximum atomic E-state index is 6.19. The lowest BCUT2D eigenvalue weighted by molar-refractivity contribution is 0.415. The lowest BCUT2D eigenvalue weighted by Crippen LogP contribution is -2.25. The Kier molecular flexibility index (Phi) is 5.18. The van der Waals surface area contributed by atoms with Crippen molar-refractivity contribution in [3.05, 3.63) is 35.5 Å². The van der Waals surface area contributed by atoms with Crippen molar-refractivity contribution in [3.63, 3.8) is 0 Å². The van der Waals surface area contributed by atoms with E-state index in [9.17, 15) is 0 Å². The molecule has 5 nitrogen and oxygen atoms in total. The minimum absolute atomic E-state index is 0.454. The SMILES string of the molecule is COc1ccc(Nc2nc(Cl)cc(N3CCCCCC3)n2)cc1. The number of methoxy groups -OCH3 is 1. The van der Waals surface area contributed by atoms with Gasteiger partial charge in [0.25, 0.3) is 0 Å². The van der Waals surface area contributed by atoms with Crippen LogP contribution in [0.5, 0.6) is 5.75 Å². The van der Waals surface area contributed by atoms with Gasteiger partial charge in [-0.15, -0.1) is 0 Å². The van der Waals surface area contributed by atoms with Gasteiger partial charge in [-0.05, 0) is 37.1 Å². The molecule has 1 aromatic heterocycles. The number of benzene rings is 1. The topological polar surface area (TPSA) is 50.3 Å². The van der Waals surface area contributed by atoms with E-state index in [0.717, 1.165) is 30.3 Å². The number of anilines is 3. The van der Waals surface area contributed by atoms with Crippen LogP contribution in [0.1, 0.15) is 25.7 Å².